The Labute approximate surface area is 254 Å². The SMILES string of the molecule is [C-]#[N+]c1cc(-c2cccc3c2sc2ccccc23)cc2c1sc1c(-n3c4ccccc4c4cc(C#N)ccc43)cccc12. The number of aromatic nitrogens is 1. The van der Waals surface area contributed by atoms with Gasteiger partial charge in [-0.2, -0.15) is 5.26 Å². The second-order valence-corrected chi connectivity index (χ2v) is 12.8. The maximum Gasteiger partial charge on any atom is 0.205 e. The summed E-state index contributed by atoms with van der Waals surface area (Å²) in [6.45, 7) is 8.16. The lowest BCUT2D eigenvalue weighted by atomic mass is 9.99. The Morgan fingerprint density at radius 3 is 2.21 bits per heavy atom. The van der Waals surface area contributed by atoms with Gasteiger partial charge in [0.25, 0.3) is 0 Å². The Hall–Kier alpha value is -5.46. The van der Waals surface area contributed by atoms with Crippen molar-refractivity contribution in [1.29, 1.82) is 5.26 Å². The standard InChI is InChI=1S/C38H19N3S2/c1-40-31-20-23(24-10-6-11-27-26-9-3-5-15-35(26)42-36(24)27)19-30-28-12-7-14-34(38(28)43-37(30)31)41-32-13-4-2-8-25(32)29-18-22(21-39)16-17-33(29)41/h2-20H. The first kappa shape index (κ1) is 24.2. The van der Waals surface area contributed by atoms with Gasteiger partial charge in [0, 0.05) is 41.0 Å². The number of thiophene rings is 2. The Morgan fingerprint density at radius 1 is 0.605 bits per heavy atom. The van der Waals surface area contributed by atoms with E-state index < -0.39 is 0 Å². The van der Waals surface area contributed by atoms with Crippen LogP contribution in [0.25, 0.3) is 83.8 Å². The van der Waals surface area contributed by atoms with Crippen LogP contribution in [0, 0.1) is 17.9 Å². The van der Waals surface area contributed by atoms with E-state index in [2.05, 4.69) is 106 Å². The van der Waals surface area contributed by atoms with E-state index in [1.165, 1.54) is 20.2 Å². The molecule has 0 aliphatic rings. The minimum absolute atomic E-state index is 0.651. The molecule has 0 bridgehead atoms. The quantitative estimate of drug-likeness (QED) is 0.187. The molecule has 0 amide bonds. The fourth-order valence-electron chi connectivity index (χ4n) is 6.56. The average molecular weight is 582 g/mol. The van der Waals surface area contributed by atoms with E-state index in [9.17, 15) is 5.26 Å². The molecule has 3 aromatic heterocycles. The summed E-state index contributed by atoms with van der Waals surface area (Å²) in [5, 5.41) is 16.5. The third-order valence-electron chi connectivity index (χ3n) is 8.44. The van der Waals surface area contributed by atoms with Crippen LogP contribution in [0.4, 0.5) is 5.69 Å². The molecule has 0 saturated carbocycles. The summed E-state index contributed by atoms with van der Waals surface area (Å²) < 4.78 is 6.99. The summed E-state index contributed by atoms with van der Waals surface area (Å²) in [6.07, 6.45) is 0. The zero-order chi connectivity index (χ0) is 28.7. The number of hydrogen-bond acceptors (Lipinski definition) is 3. The van der Waals surface area contributed by atoms with E-state index in [1.54, 1.807) is 11.3 Å². The molecule has 9 rings (SSSR count). The average Bonchev–Trinajstić information content (AvgIpc) is 3.73. The van der Waals surface area contributed by atoms with Gasteiger partial charge in [0.15, 0.2) is 0 Å². The van der Waals surface area contributed by atoms with Crippen LogP contribution in [0.3, 0.4) is 0 Å². The maximum absolute atomic E-state index is 9.59. The lowest BCUT2D eigenvalue weighted by molar-refractivity contribution is 1.20. The third kappa shape index (κ3) is 3.38. The van der Waals surface area contributed by atoms with Crippen molar-refractivity contribution in [1.82, 2.24) is 4.57 Å². The van der Waals surface area contributed by atoms with Crippen LogP contribution in [-0.4, -0.2) is 4.57 Å². The summed E-state index contributed by atoms with van der Waals surface area (Å²) >= 11 is 3.50. The Morgan fingerprint density at radius 2 is 1.35 bits per heavy atom. The summed E-state index contributed by atoms with van der Waals surface area (Å²) in [6, 6.07) is 42.5. The van der Waals surface area contributed by atoms with Crippen LogP contribution in [0.15, 0.2) is 115 Å². The summed E-state index contributed by atoms with van der Waals surface area (Å²) in [7, 11) is 0. The van der Waals surface area contributed by atoms with Crippen molar-refractivity contribution in [3.63, 3.8) is 0 Å². The number of fused-ring (bicyclic) bond motifs is 9. The first-order valence-electron chi connectivity index (χ1n) is 13.9. The zero-order valence-corrected chi connectivity index (χ0v) is 24.3. The molecular weight excluding hydrogens is 563 g/mol. The second-order valence-electron chi connectivity index (χ2n) is 10.7. The number of benzene rings is 6. The van der Waals surface area contributed by atoms with Gasteiger partial charge in [-0.15, -0.1) is 22.7 Å². The predicted molar refractivity (Wildman–Crippen MR) is 183 cm³/mol. The molecular formula is C38H19N3S2. The molecule has 0 atom stereocenters. The molecule has 5 heteroatoms. The Bertz CT molecular complexity index is 2710. The number of rotatable bonds is 2. The molecule has 6 aromatic carbocycles. The first-order chi connectivity index (χ1) is 21.2. The summed E-state index contributed by atoms with van der Waals surface area (Å²) in [5.41, 5.74) is 6.81. The fraction of sp³-hybridized carbons (Fsp3) is 0. The molecule has 3 nitrogen and oxygen atoms in total. The summed E-state index contributed by atoms with van der Waals surface area (Å²) in [5.74, 6) is 0. The van der Waals surface area contributed by atoms with Gasteiger partial charge in [-0.1, -0.05) is 66.7 Å². The van der Waals surface area contributed by atoms with E-state index in [-0.39, 0.29) is 0 Å². The summed E-state index contributed by atoms with van der Waals surface area (Å²) in [4.78, 5) is 4.04. The molecule has 0 spiro atoms. The molecule has 0 aliphatic heterocycles. The highest BCUT2D eigenvalue weighted by Gasteiger charge is 2.19. The van der Waals surface area contributed by atoms with E-state index in [0.717, 1.165) is 58.8 Å². The van der Waals surface area contributed by atoms with Crippen LogP contribution in [0.2, 0.25) is 0 Å². The van der Waals surface area contributed by atoms with Crippen molar-refractivity contribution < 1.29 is 0 Å². The number of nitriles is 1. The highest BCUT2D eigenvalue weighted by Crippen LogP contribution is 2.47. The molecule has 3 heterocycles. The highest BCUT2D eigenvalue weighted by atomic mass is 32.1. The van der Waals surface area contributed by atoms with Gasteiger partial charge in [0.1, 0.15) is 0 Å². The minimum Gasteiger partial charge on any atom is -0.308 e. The van der Waals surface area contributed by atoms with Gasteiger partial charge in [0.05, 0.1) is 39.6 Å². The highest BCUT2D eigenvalue weighted by molar-refractivity contribution is 7.27. The Kier molecular flexibility index (Phi) is 5.07. The normalized spacial score (nSPS) is 11.7. The molecule has 0 aliphatic carbocycles. The predicted octanol–water partition coefficient (Wildman–Crippen LogP) is 11.6. The van der Waals surface area contributed by atoms with Gasteiger partial charge in [0.2, 0.25) is 5.69 Å². The molecule has 0 N–H and O–H groups in total. The Balaban J connectivity index is 1.34. The monoisotopic (exact) mass is 581 g/mol. The first-order valence-corrected chi connectivity index (χ1v) is 15.6. The molecule has 0 radical (unpaired) electrons. The van der Waals surface area contributed by atoms with Crippen molar-refractivity contribution >= 4 is 90.5 Å². The van der Waals surface area contributed by atoms with Gasteiger partial charge in [-0.05, 0) is 65.0 Å². The lowest BCUT2D eigenvalue weighted by Crippen LogP contribution is -1.93. The maximum atomic E-state index is 9.59. The van der Waals surface area contributed by atoms with Crippen LogP contribution in [0.1, 0.15) is 5.56 Å². The number of para-hydroxylation sites is 1. The fourth-order valence-corrected chi connectivity index (χ4v) is 9.04. The number of nitrogens with zero attached hydrogens (tertiary/aromatic N) is 3. The molecule has 0 unspecified atom stereocenters. The van der Waals surface area contributed by atoms with E-state index in [1.807, 2.05) is 35.6 Å². The second kappa shape index (κ2) is 9.02. The topological polar surface area (TPSA) is 33.1 Å². The van der Waals surface area contributed by atoms with Crippen LogP contribution < -0.4 is 0 Å². The van der Waals surface area contributed by atoms with Crippen molar-refractivity contribution in [2.45, 2.75) is 0 Å². The zero-order valence-electron chi connectivity index (χ0n) is 22.6. The van der Waals surface area contributed by atoms with Gasteiger partial charge in [-0.25, -0.2) is 4.85 Å². The minimum atomic E-state index is 0.651. The van der Waals surface area contributed by atoms with Crippen LogP contribution >= 0.6 is 22.7 Å². The lowest BCUT2D eigenvalue weighted by Gasteiger charge is -2.09. The van der Waals surface area contributed by atoms with Crippen molar-refractivity contribution in [2.75, 3.05) is 0 Å². The van der Waals surface area contributed by atoms with E-state index in [0.29, 0.717) is 11.3 Å². The molecule has 0 saturated heterocycles. The van der Waals surface area contributed by atoms with E-state index >= 15 is 0 Å². The van der Waals surface area contributed by atoms with E-state index in [4.69, 9.17) is 6.57 Å². The molecule has 43 heavy (non-hydrogen) atoms. The smallest absolute Gasteiger partial charge is 0.205 e. The molecule has 198 valence electrons. The van der Waals surface area contributed by atoms with Gasteiger partial charge < -0.3 is 4.57 Å². The van der Waals surface area contributed by atoms with Crippen LogP contribution in [-0.2, 0) is 0 Å². The van der Waals surface area contributed by atoms with Crippen molar-refractivity contribution in [3.05, 3.63) is 132 Å². The van der Waals surface area contributed by atoms with Gasteiger partial charge in [-0.3, -0.25) is 0 Å². The van der Waals surface area contributed by atoms with Crippen molar-refractivity contribution in [3.8, 4) is 22.9 Å². The van der Waals surface area contributed by atoms with Crippen LogP contribution in [0.5, 0.6) is 0 Å². The molecule has 0 fully saturated rings. The largest absolute Gasteiger partial charge is 0.308 e. The van der Waals surface area contributed by atoms with Gasteiger partial charge >= 0.3 is 0 Å². The van der Waals surface area contributed by atoms with Crippen molar-refractivity contribution in [2.24, 2.45) is 0 Å². The molecule has 9 aromatic rings. The number of hydrogen-bond donors (Lipinski definition) is 0. The third-order valence-corrected chi connectivity index (χ3v) is 10.9.